The van der Waals surface area contributed by atoms with Crippen LogP contribution in [0.4, 0.5) is 0 Å². The lowest BCUT2D eigenvalue weighted by Crippen LogP contribution is -2.26. The molecule has 0 saturated heterocycles. The summed E-state index contributed by atoms with van der Waals surface area (Å²) in [6.07, 6.45) is 20.4. The Morgan fingerprint density at radius 3 is 1.60 bits per heavy atom. The number of aliphatic hydroxyl groups excluding tert-OH is 2. The maximum atomic E-state index is 8.85. The van der Waals surface area contributed by atoms with Gasteiger partial charge < -0.3 is 10.2 Å². The van der Waals surface area contributed by atoms with Gasteiger partial charge in [0.1, 0.15) is 0 Å². The normalized spacial score (nSPS) is 12.6. The Bertz CT molecular complexity index is 239. The van der Waals surface area contributed by atoms with E-state index in [2.05, 4.69) is 12.4 Å². The topological polar surface area (TPSA) is 61.7 Å². The van der Waals surface area contributed by atoms with Gasteiger partial charge in [0, 0.05) is 13.2 Å². The number of rotatable bonds is 21. The molecule has 0 radical (unpaired) electrons. The number of hydrogen-bond donors (Lipinski definition) is 3. The third-order valence-electron chi connectivity index (χ3n) is 4.78. The molecule has 0 aromatic heterocycles. The molecule has 0 aromatic carbocycles. The summed E-state index contributed by atoms with van der Waals surface area (Å²) < 4.78 is 0. The van der Waals surface area contributed by atoms with Crippen LogP contribution in [-0.2, 0) is 4.84 Å². The van der Waals surface area contributed by atoms with Crippen LogP contribution in [0.3, 0.4) is 0 Å². The summed E-state index contributed by atoms with van der Waals surface area (Å²) in [6.45, 7) is 3.15. The maximum absolute atomic E-state index is 8.85. The predicted octanol–water partition coefficient (Wildman–Crippen LogP) is 5.12. The molecule has 0 fully saturated rings. The second-order valence-corrected chi connectivity index (χ2v) is 7.25. The van der Waals surface area contributed by atoms with Gasteiger partial charge in [-0.3, -0.25) is 4.84 Å². The first-order chi connectivity index (χ1) is 12.3. The van der Waals surface area contributed by atoms with Crippen LogP contribution in [-0.4, -0.2) is 36.1 Å². The first kappa shape index (κ1) is 24.8. The van der Waals surface area contributed by atoms with Crippen LogP contribution >= 0.6 is 0 Å². The van der Waals surface area contributed by atoms with Gasteiger partial charge in [-0.05, 0) is 19.3 Å². The first-order valence-corrected chi connectivity index (χ1v) is 10.9. The van der Waals surface area contributed by atoms with E-state index in [4.69, 9.17) is 15.1 Å². The van der Waals surface area contributed by atoms with Gasteiger partial charge >= 0.3 is 0 Å². The van der Waals surface area contributed by atoms with Gasteiger partial charge in [-0.1, -0.05) is 90.4 Å². The Kier molecular flexibility index (Phi) is 21.7. The highest BCUT2D eigenvalue weighted by Gasteiger charge is 2.09. The van der Waals surface area contributed by atoms with Crippen molar-refractivity contribution in [1.82, 2.24) is 5.48 Å². The van der Waals surface area contributed by atoms with Crippen molar-refractivity contribution in [3.8, 4) is 0 Å². The summed E-state index contributed by atoms with van der Waals surface area (Å²) >= 11 is 0. The van der Waals surface area contributed by atoms with Crippen molar-refractivity contribution >= 4 is 0 Å². The molecule has 0 aliphatic heterocycles. The number of aliphatic hydroxyl groups is 2. The lowest BCUT2D eigenvalue weighted by atomic mass is 10.0. The van der Waals surface area contributed by atoms with Gasteiger partial charge in [0.2, 0.25) is 0 Å². The largest absolute Gasteiger partial charge is 0.396 e. The SMILES string of the molecule is CCCCCCCCCCCCCC(CCCCCO)ONCCO. The van der Waals surface area contributed by atoms with Gasteiger partial charge in [0.15, 0.2) is 0 Å². The van der Waals surface area contributed by atoms with Crippen LogP contribution in [0.2, 0.25) is 0 Å². The molecule has 25 heavy (non-hydrogen) atoms. The van der Waals surface area contributed by atoms with E-state index in [1.54, 1.807) is 0 Å². The quantitative estimate of drug-likeness (QED) is 0.197. The van der Waals surface area contributed by atoms with Crippen molar-refractivity contribution in [2.75, 3.05) is 19.8 Å². The molecule has 0 aromatic rings. The number of nitrogens with one attached hydrogen (secondary N) is 1. The molecule has 0 bridgehead atoms. The van der Waals surface area contributed by atoms with E-state index in [0.29, 0.717) is 6.54 Å². The number of hydrogen-bond acceptors (Lipinski definition) is 4. The minimum absolute atomic E-state index is 0.107. The molecule has 4 nitrogen and oxygen atoms in total. The first-order valence-electron chi connectivity index (χ1n) is 10.9. The molecule has 0 heterocycles. The zero-order valence-corrected chi connectivity index (χ0v) is 16.8. The van der Waals surface area contributed by atoms with Crippen LogP contribution in [0.5, 0.6) is 0 Å². The lowest BCUT2D eigenvalue weighted by molar-refractivity contribution is -0.0396. The molecule has 0 aliphatic carbocycles. The molecule has 0 saturated carbocycles. The average Bonchev–Trinajstić information content (AvgIpc) is 2.62. The zero-order chi connectivity index (χ0) is 18.4. The smallest absolute Gasteiger partial charge is 0.0790 e. The van der Waals surface area contributed by atoms with Crippen molar-refractivity contribution in [3.05, 3.63) is 0 Å². The van der Waals surface area contributed by atoms with Crippen LogP contribution in [0.1, 0.15) is 110 Å². The average molecular weight is 360 g/mol. The maximum Gasteiger partial charge on any atom is 0.0790 e. The van der Waals surface area contributed by atoms with Crippen molar-refractivity contribution in [3.63, 3.8) is 0 Å². The molecule has 3 N–H and O–H groups in total. The van der Waals surface area contributed by atoms with E-state index < -0.39 is 0 Å². The minimum atomic E-state index is 0.107. The molecule has 0 spiro atoms. The summed E-state index contributed by atoms with van der Waals surface area (Å²) in [4.78, 5) is 5.68. The highest BCUT2D eigenvalue weighted by Crippen LogP contribution is 2.16. The Hall–Kier alpha value is -0.160. The van der Waals surface area contributed by atoms with E-state index in [1.807, 2.05) is 0 Å². The monoisotopic (exact) mass is 359 g/mol. The predicted molar refractivity (Wildman–Crippen MR) is 107 cm³/mol. The highest BCUT2D eigenvalue weighted by molar-refractivity contribution is 4.59. The fraction of sp³-hybridized carbons (Fsp3) is 1.00. The molecular formula is C21H45NO3. The van der Waals surface area contributed by atoms with Crippen molar-refractivity contribution in [2.45, 2.75) is 116 Å². The van der Waals surface area contributed by atoms with Crippen LogP contribution in [0.25, 0.3) is 0 Å². The van der Waals surface area contributed by atoms with E-state index in [9.17, 15) is 0 Å². The van der Waals surface area contributed by atoms with Gasteiger partial charge in [-0.2, -0.15) is 5.48 Å². The summed E-state index contributed by atoms with van der Waals surface area (Å²) in [6, 6.07) is 0. The van der Waals surface area contributed by atoms with E-state index >= 15 is 0 Å². The minimum Gasteiger partial charge on any atom is -0.396 e. The molecule has 1 atom stereocenters. The fourth-order valence-corrected chi connectivity index (χ4v) is 3.18. The van der Waals surface area contributed by atoms with Gasteiger partial charge in [-0.25, -0.2) is 0 Å². The molecule has 0 amide bonds. The van der Waals surface area contributed by atoms with E-state index in [0.717, 1.165) is 32.1 Å². The summed E-state index contributed by atoms with van der Waals surface area (Å²) in [7, 11) is 0. The Balaban J connectivity index is 3.51. The summed E-state index contributed by atoms with van der Waals surface area (Å²) in [5, 5.41) is 17.7. The van der Waals surface area contributed by atoms with E-state index in [1.165, 1.54) is 70.6 Å². The van der Waals surface area contributed by atoms with Crippen LogP contribution < -0.4 is 5.48 Å². The van der Waals surface area contributed by atoms with E-state index in [-0.39, 0.29) is 19.3 Å². The van der Waals surface area contributed by atoms with Crippen molar-refractivity contribution in [2.24, 2.45) is 0 Å². The third kappa shape index (κ3) is 20.0. The van der Waals surface area contributed by atoms with Gasteiger partial charge in [-0.15, -0.1) is 0 Å². The third-order valence-corrected chi connectivity index (χ3v) is 4.78. The fourth-order valence-electron chi connectivity index (χ4n) is 3.18. The van der Waals surface area contributed by atoms with Crippen molar-refractivity contribution in [1.29, 1.82) is 0 Å². The van der Waals surface area contributed by atoms with Crippen LogP contribution in [0.15, 0.2) is 0 Å². The van der Waals surface area contributed by atoms with Gasteiger partial charge in [0.05, 0.1) is 12.7 Å². The Morgan fingerprint density at radius 2 is 1.12 bits per heavy atom. The standard InChI is InChI=1S/C21H45NO3/c1-2-3-4-5-6-7-8-9-10-11-13-16-21(25-22-18-20-24)17-14-12-15-19-23/h21-24H,2-20H2,1H3. The molecule has 0 aliphatic rings. The lowest BCUT2D eigenvalue weighted by Gasteiger charge is -2.17. The molecule has 1 unspecified atom stereocenters. The molecule has 4 heteroatoms. The van der Waals surface area contributed by atoms with Gasteiger partial charge in [0.25, 0.3) is 0 Å². The second kappa shape index (κ2) is 21.9. The highest BCUT2D eigenvalue weighted by atomic mass is 16.7. The number of hydroxylamine groups is 1. The second-order valence-electron chi connectivity index (χ2n) is 7.25. The number of unbranched alkanes of at least 4 members (excludes halogenated alkanes) is 12. The Morgan fingerprint density at radius 1 is 0.640 bits per heavy atom. The Labute approximate surface area is 156 Å². The molecular weight excluding hydrogens is 314 g/mol. The van der Waals surface area contributed by atoms with Crippen molar-refractivity contribution < 1.29 is 15.1 Å². The molecule has 0 rings (SSSR count). The summed E-state index contributed by atoms with van der Waals surface area (Å²) in [5.41, 5.74) is 2.87. The van der Waals surface area contributed by atoms with Crippen LogP contribution in [0, 0.1) is 0 Å². The molecule has 152 valence electrons. The zero-order valence-electron chi connectivity index (χ0n) is 16.8. The summed E-state index contributed by atoms with van der Waals surface area (Å²) in [5.74, 6) is 0.